The summed E-state index contributed by atoms with van der Waals surface area (Å²) in [6, 6.07) is 10.9. The van der Waals surface area contributed by atoms with Crippen molar-refractivity contribution in [3.8, 4) is 11.5 Å². The van der Waals surface area contributed by atoms with Gasteiger partial charge in [-0.25, -0.2) is 4.98 Å². The van der Waals surface area contributed by atoms with Crippen molar-refractivity contribution in [2.45, 2.75) is 6.42 Å². The van der Waals surface area contributed by atoms with E-state index in [4.69, 9.17) is 13.9 Å². The Kier molecular flexibility index (Phi) is 3.93. The van der Waals surface area contributed by atoms with Crippen molar-refractivity contribution in [1.82, 2.24) is 4.98 Å². The Morgan fingerprint density at radius 3 is 2.76 bits per heavy atom. The Hall–Kier alpha value is -2.80. The summed E-state index contributed by atoms with van der Waals surface area (Å²) in [5, 5.41) is 9.26. The maximum atomic E-state index is 11.3. The molecule has 0 unspecified atom stereocenters. The molecule has 0 amide bonds. The monoisotopic (exact) mass is 401 g/mol. The number of ether oxygens (including phenoxy) is 2. The first-order valence-electron chi connectivity index (χ1n) is 7.47. The van der Waals surface area contributed by atoms with E-state index in [0.717, 1.165) is 10.0 Å². The summed E-state index contributed by atoms with van der Waals surface area (Å²) in [7, 11) is 0. The maximum absolute atomic E-state index is 11.3. The standard InChI is InChI=1S/C18H12BrNO5/c19-12-8-16-15(23-9-24-16)6-10(12)5-11(7-17(21)22)18-20-13-3-1-2-4-14(13)25-18/h1-6,8H,7,9H2,(H,21,22)/b11-5+. The molecular formula is C18H12BrNO5. The fraction of sp³-hybridized carbons (Fsp3) is 0.111. The molecule has 0 aliphatic carbocycles. The van der Waals surface area contributed by atoms with Crippen LogP contribution in [0.3, 0.4) is 0 Å². The van der Waals surface area contributed by atoms with E-state index in [-0.39, 0.29) is 19.1 Å². The van der Waals surface area contributed by atoms with Gasteiger partial charge in [-0.15, -0.1) is 0 Å². The molecule has 7 heteroatoms. The number of aliphatic carboxylic acids is 1. The van der Waals surface area contributed by atoms with E-state index in [1.54, 1.807) is 24.3 Å². The number of aromatic nitrogens is 1. The third-order valence-corrected chi connectivity index (χ3v) is 4.42. The molecule has 0 fully saturated rings. The lowest BCUT2D eigenvalue weighted by Crippen LogP contribution is -1.97. The van der Waals surface area contributed by atoms with E-state index in [1.165, 1.54) is 0 Å². The van der Waals surface area contributed by atoms with Gasteiger partial charge in [0.15, 0.2) is 17.1 Å². The van der Waals surface area contributed by atoms with Crippen LogP contribution in [0.5, 0.6) is 11.5 Å². The largest absolute Gasteiger partial charge is 0.481 e. The van der Waals surface area contributed by atoms with Gasteiger partial charge in [0, 0.05) is 10.0 Å². The smallest absolute Gasteiger partial charge is 0.308 e. The van der Waals surface area contributed by atoms with Crippen LogP contribution in [0.1, 0.15) is 17.9 Å². The van der Waals surface area contributed by atoms with Crippen molar-refractivity contribution >= 4 is 44.6 Å². The number of benzene rings is 2. The minimum absolute atomic E-state index is 0.169. The first-order chi connectivity index (χ1) is 12.1. The van der Waals surface area contributed by atoms with Gasteiger partial charge in [0.05, 0.1) is 6.42 Å². The SMILES string of the molecule is O=C(O)C/C(=C\c1cc2c(cc1Br)OCO2)c1nc2ccccc2o1. The van der Waals surface area contributed by atoms with Crippen LogP contribution in [-0.4, -0.2) is 22.9 Å². The molecular weight excluding hydrogens is 390 g/mol. The van der Waals surface area contributed by atoms with E-state index in [2.05, 4.69) is 20.9 Å². The van der Waals surface area contributed by atoms with Crippen molar-refractivity contribution in [3.63, 3.8) is 0 Å². The second-order valence-electron chi connectivity index (χ2n) is 5.45. The highest BCUT2D eigenvalue weighted by Gasteiger charge is 2.18. The first-order valence-corrected chi connectivity index (χ1v) is 8.27. The molecule has 4 rings (SSSR count). The van der Waals surface area contributed by atoms with E-state index < -0.39 is 5.97 Å². The van der Waals surface area contributed by atoms with E-state index >= 15 is 0 Å². The van der Waals surface area contributed by atoms with Gasteiger partial charge in [-0.1, -0.05) is 28.1 Å². The lowest BCUT2D eigenvalue weighted by atomic mass is 10.1. The van der Waals surface area contributed by atoms with Crippen LogP contribution in [0.4, 0.5) is 0 Å². The predicted molar refractivity (Wildman–Crippen MR) is 94.4 cm³/mol. The van der Waals surface area contributed by atoms with Gasteiger partial charge in [0.2, 0.25) is 12.7 Å². The molecule has 1 aliphatic heterocycles. The molecule has 25 heavy (non-hydrogen) atoms. The van der Waals surface area contributed by atoms with Gasteiger partial charge < -0.3 is 19.0 Å². The highest BCUT2D eigenvalue weighted by Crippen LogP contribution is 2.38. The average molecular weight is 402 g/mol. The molecule has 0 atom stereocenters. The van der Waals surface area contributed by atoms with Gasteiger partial charge in [-0.3, -0.25) is 4.79 Å². The van der Waals surface area contributed by atoms with Gasteiger partial charge in [0.1, 0.15) is 5.52 Å². The number of hydrogen-bond acceptors (Lipinski definition) is 5. The Morgan fingerprint density at radius 1 is 1.24 bits per heavy atom. The Balaban J connectivity index is 1.81. The van der Waals surface area contributed by atoms with Crippen molar-refractivity contribution in [1.29, 1.82) is 0 Å². The topological polar surface area (TPSA) is 81.8 Å². The Bertz CT molecular complexity index is 975. The van der Waals surface area contributed by atoms with Crippen LogP contribution >= 0.6 is 15.9 Å². The minimum Gasteiger partial charge on any atom is -0.481 e. The molecule has 126 valence electrons. The van der Waals surface area contributed by atoms with Gasteiger partial charge >= 0.3 is 5.97 Å². The summed E-state index contributed by atoms with van der Waals surface area (Å²) in [4.78, 5) is 15.7. The number of para-hydroxylation sites is 2. The van der Waals surface area contributed by atoms with Gasteiger partial charge in [0.25, 0.3) is 0 Å². The van der Waals surface area contributed by atoms with Crippen LogP contribution in [0.15, 0.2) is 45.3 Å². The first kappa shape index (κ1) is 15.7. The third kappa shape index (κ3) is 3.10. The molecule has 1 N–H and O–H groups in total. The minimum atomic E-state index is -0.967. The van der Waals surface area contributed by atoms with Crippen LogP contribution in [0, 0.1) is 0 Å². The number of rotatable bonds is 4. The molecule has 6 nitrogen and oxygen atoms in total. The van der Waals surface area contributed by atoms with Crippen molar-refractivity contribution in [2.24, 2.45) is 0 Å². The lowest BCUT2D eigenvalue weighted by molar-refractivity contribution is -0.135. The molecule has 0 saturated carbocycles. The van der Waals surface area contributed by atoms with Crippen molar-refractivity contribution < 1.29 is 23.8 Å². The predicted octanol–water partition coefficient (Wildman–Crippen LogP) is 4.33. The van der Waals surface area contributed by atoms with Gasteiger partial charge in [-0.05, 0) is 35.9 Å². The number of carbonyl (C=O) groups is 1. The zero-order valence-corrected chi connectivity index (χ0v) is 14.4. The fourth-order valence-corrected chi connectivity index (χ4v) is 3.03. The van der Waals surface area contributed by atoms with Crippen LogP contribution in [0.25, 0.3) is 22.7 Å². The molecule has 0 saturated heterocycles. The Morgan fingerprint density at radius 2 is 2.00 bits per heavy atom. The highest BCUT2D eigenvalue weighted by atomic mass is 79.9. The Labute approximate surface area is 150 Å². The molecule has 3 aromatic rings. The van der Waals surface area contributed by atoms with E-state index in [1.807, 2.05) is 18.2 Å². The number of halogens is 1. The normalized spacial score (nSPS) is 13.4. The third-order valence-electron chi connectivity index (χ3n) is 3.73. The van der Waals surface area contributed by atoms with Crippen LogP contribution in [-0.2, 0) is 4.79 Å². The highest BCUT2D eigenvalue weighted by molar-refractivity contribution is 9.10. The number of nitrogens with zero attached hydrogens (tertiary/aromatic N) is 1. The molecule has 0 radical (unpaired) electrons. The molecule has 0 spiro atoms. The average Bonchev–Trinajstić information content (AvgIpc) is 3.19. The molecule has 2 aromatic carbocycles. The molecule has 1 aliphatic rings. The van der Waals surface area contributed by atoms with E-state index in [0.29, 0.717) is 28.2 Å². The van der Waals surface area contributed by atoms with Crippen LogP contribution < -0.4 is 9.47 Å². The zero-order valence-electron chi connectivity index (χ0n) is 12.9. The van der Waals surface area contributed by atoms with Crippen molar-refractivity contribution in [3.05, 3.63) is 52.3 Å². The summed E-state index contributed by atoms with van der Waals surface area (Å²) < 4.78 is 17.2. The summed E-state index contributed by atoms with van der Waals surface area (Å²) in [6.45, 7) is 0.169. The number of carboxylic acids is 1. The summed E-state index contributed by atoms with van der Waals surface area (Å²) >= 11 is 3.47. The number of fused-ring (bicyclic) bond motifs is 2. The number of hydrogen-bond donors (Lipinski definition) is 1. The number of oxazole rings is 1. The fourth-order valence-electron chi connectivity index (χ4n) is 2.59. The molecule has 0 bridgehead atoms. The zero-order chi connectivity index (χ0) is 17.4. The second-order valence-corrected chi connectivity index (χ2v) is 6.31. The number of carboxylic acid groups (broad SMARTS) is 1. The van der Waals surface area contributed by atoms with E-state index in [9.17, 15) is 9.90 Å². The molecule has 2 heterocycles. The summed E-state index contributed by atoms with van der Waals surface area (Å²) in [5.74, 6) is 0.575. The summed E-state index contributed by atoms with van der Waals surface area (Å²) in [5.41, 5.74) is 2.50. The second kappa shape index (κ2) is 6.25. The summed E-state index contributed by atoms with van der Waals surface area (Å²) in [6.07, 6.45) is 1.51. The maximum Gasteiger partial charge on any atom is 0.308 e. The van der Waals surface area contributed by atoms with Crippen LogP contribution in [0.2, 0.25) is 0 Å². The molecule has 1 aromatic heterocycles. The lowest BCUT2D eigenvalue weighted by Gasteiger charge is -2.05. The quantitative estimate of drug-likeness (QED) is 0.700. The van der Waals surface area contributed by atoms with Crippen molar-refractivity contribution in [2.75, 3.05) is 6.79 Å². The van der Waals surface area contributed by atoms with Gasteiger partial charge in [-0.2, -0.15) is 0 Å².